The van der Waals surface area contributed by atoms with Crippen molar-refractivity contribution >= 4 is 33.2 Å². The van der Waals surface area contributed by atoms with Gasteiger partial charge in [-0.3, -0.25) is 0 Å². The molecule has 0 amide bonds. The molecule has 1 atom stereocenters. The van der Waals surface area contributed by atoms with Crippen LogP contribution in [-0.4, -0.2) is 43.6 Å². The molecular formula is C13H17Cl2NO4S. The second-order valence-corrected chi connectivity index (χ2v) is 7.59. The van der Waals surface area contributed by atoms with Gasteiger partial charge in [0.15, 0.2) is 0 Å². The van der Waals surface area contributed by atoms with Crippen molar-refractivity contribution in [3.8, 4) is 0 Å². The zero-order chi connectivity index (χ0) is 15.6. The average Bonchev–Trinajstić information content (AvgIpc) is 2.64. The Morgan fingerprint density at radius 1 is 1.43 bits per heavy atom. The highest BCUT2D eigenvalue weighted by atomic mass is 35.5. The van der Waals surface area contributed by atoms with E-state index in [4.69, 9.17) is 27.9 Å². The highest BCUT2D eigenvalue weighted by molar-refractivity contribution is 7.89. The number of hydrogen-bond donors (Lipinski definition) is 1. The Kier molecular flexibility index (Phi) is 5.51. The predicted molar refractivity (Wildman–Crippen MR) is 81.2 cm³/mol. The number of rotatable bonds is 3. The number of benzene rings is 1. The molecule has 0 spiro atoms. The van der Waals surface area contributed by atoms with Crippen LogP contribution in [0, 0.1) is 0 Å². The molecule has 21 heavy (non-hydrogen) atoms. The SMILES string of the molecule is CC1CN(S(=O)(=O)c2ccc(Cl)c(CO)c2Cl)CCCO1. The quantitative estimate of drug-likeness (QED) is 0.905. The van der Waals surface area contributed by atoms with Crippen molar-refractivity contribution in [1.29, 1.82) is 0 Å². The fraction of sp³-hybridized carbons (Fsp3) is 0.538. The van der Waals surface area contributed by atoms with E-state index in [-0.39, 0.29) is 33.2 Å². The van der Waals surface area contributed by atoms with E-state index >= 15 is 0 Å². The molecule has 1 saturated heterocycles. The largest absolute Gasteiger partial charge is 0.392 e. The molecular weight excluding hydrogens is 337 g/mol. The van der Waals surface area contributed by atoms with E-state index in [9.17, 15) is 13.5 Å². The zero-order valence-corrected chi connectivity index (χ0v) is 13.9. The van der Waals surface area contributed by atoms with Crippen molar-refractivity contribution in [2.24, 2.45) is 0 Å². The van der Waals surface area contributed by atoms with E-state index in [1.54, 1.807) is 0 Å². The minimum atomic E-state index is -3.75. The van der Waals surface area contributed by atoms with Gasteiger partial charge in [-0.05, 0) is 25.5 Å². The Morgan fingerprint density at radius 2 is 2.14 bits per heavy atom. The summed E-state index contributed by atoms with van der Waals surface area (Å²) in [6, 6.07) is 2.80. The summed E-state index contributed by atoms with van der Waals surface area (Å²) in [7, 11) is -3.75. The van der Waals surface area contributed by atoms with Gasteiger partial charge < -0.3 is 9.84 Å². The van der Waals surface area contributed by atoms with Gasteiger partial charge in [0.2, 0.25) is 10.0 Å². The van der Waals surface area contributed by atoms with E-state index in [0.717, 1.165) is 0 Å². The molecule has 2 rings (SSSR count). The number of ether oxygens (including phenoxy) is 1. The topological polar surface area (TPSA) is 66.8 Å². The maximum Gasteiger partial charge on any atom is 0.244 e. The maximum absolute atomic E-state index is 12.7. The first-order valence-electron chi connectivity index (χ1n) is 6.57. The third-order valence-corrected chi connectivity index (χ3v) is 6.15. The molecule has 0 radical (unpaired) electrons. The Balaban J connectivity index is 2.44. The number of aliphatic hydroxyl groups is 1. The molecule has 0 aromatic heterocycles. The molecule has 0 saturated carbocycles. The second kappa shape index (κ2) is 6.81. The first-order chi connectivity index (χ1) is 9.87. The smallest absolute Gasteiger partial charge is 0.244 e. The maximum atomic E-state index is 12.7. The minimum Gasteiger partial charge on any atom is -0.392 e. The Morgan fingerprint density at radius 3 is 2.81 bits per heavy atom. The second-order valence-electron chi connectivity index (χ2n) is 4.89. The molecule has 1 unspecified atom stereocenters. The molecule has 1 N–H and O–H groups in total. The summed E-state index contributed by atoms with van der Waals surface area (Å²) in [6.45, 7) is 2.59. The normalized spacial score (nSPS) is 21.2. The lowest BCUT2D eigenvalue weighted by molar-refractivity contribution is 0.0752. The van der Waals surface area contributed by atoms with Crippen molar-refractivity contribution in [3.63, 3.8) is 0 Å². The molecule has 0 bridgehead atoms. The van der Waals surface area contributed by atoms with Crippen LogP contribution in [0.3, 0.4) is 0 Å². The van der Waals surface area contributed by atoms with Crippen LogP contribution in [0.2, 0.25) is 10.0 Å². The van der Waals surface area contributed by atoms with Crippen LogP contribution in [0.5, 0.6) is 0 Å². The van der Waals surface area contributed by atoms with Gasteiger partial charge in [-0.15, -0.1) is 0 Å². The molecule has 1 aromatic carbocycles. The lowest BCUT2D eigenvalue weighted by Gasteiger charge is -2.23. The molecule has 118 valence electrons. The van der Waals surface area contributed by atoms with E-state index < -0.39 is 16.6 Å². The summed E-state index contributed by atoms with van der Waals surface area (Å²) in [5.41, 5.74) is 0.221. The lowest BCUT2D eigenvalue weighted by Crippen LogP contribution is -2.36. The van der Waals surface area contributed by atoms with Crippen molar-refractivity contribution in [2.75, 3.05) is 19.7 Å². The van der Waals surface area contributed by atoms with Gasteiger partial charge >= 0.3 is 0 Å². The van der Waals surface area contributed by atoms with Crippen molar-refractivity contribution in [3.05, 3.63) is 27.7 Å². The molecule has 1 aliphatic rings. The van der Waals surface area contributed by atoms with Gasteiger partial charge in [-0.25, -0.2) is 8.42 Å². The highest BCUT2D eigenvalue weighted by Gasteiger charge is 2.30. The van der Waals surface area contributed by atoms with Crippen LogP contribution in [-0.2, 0) is 21.4 Å². The van der Waals surface area contributed by atoms with Gasteiger partial charge in [-0.1, -0.05) is 23.2 Å². The zero-order valence-electron chi connectivity index (χ0n) is 11.6. The van der Waals surface area contributed by atoms with Gasteiger partial charge in [0, 0.05) is 30.3 Å². The van der Waals surface area contributed by atoms with Crippen LogP contribution >= 0.6 is 23.2 Å². The molecule has 0 aliphatic carbocycles. The van der Waals surface area contributed by atoms with Gasteiger partial charge in [-0.2, -0.15) is 4.31 Å². The van der Waals surface area contributed by atoms with Gasteiger partial charge in [0.25, 0.3) is 0 Å². The van der Waals surface area contributed by atoms with Gasteiger partial charge in [0.05, 0.1) is 17.7 Å². The summed E-state index contributed by atoms with van der Waals surface area (Å²) in [6.07, 6.45) is 0.451. The summed E-state index contributed by atoms with van der Waals surface area (Å²) >= 11 is 12.0. The predicted octanol–water partition coefficient (Wildman–Crippen LogP) is 2.29. The highest BCUT2D eigenvalue weighted by Crippen LogP contribution is 2.33. The summed E-state index contributed by atoms with van der Waals surface area (Å²) in [5, 5.41) is 9.51. The van der Waals surface area contributed by atoms with Gasteiger partial charge in [0.1, 0.15) is 4.90 Å². The Labute approximate surface area is 134 Å². The van der Waals surface area contributed by atoms with Crippen molar-refractivity contribution in [2.45, 2.75) is 31.0 Å². The fourth-order valence-corrected chi connectivity index (χ4v) is 4.66. The van der Waals surface area contributed by atoms with E-state index in [1.165, 1.54) is 16.4 Å². The number of sulfonamides is 1. The fourth-order valence-electron chi connectivity index (χ4n) is 2.23. The molecule has 1 aliphatic heterocycles. The Bertz CT molecular complexity index is 621. The van der Waals surface area contributed by atoms with Crippen LogP contribution in [0.25, 0.3) is 0 Å². The van der Waals surface area contributed by atoms with Crippen LogP contribution < -0.4 is 0 Å². The standard InChI is InChI=1S/C13H17Cl2NO4S/c1-9-7-16(5-2-6-20-9)21(18,19)12-4-3-11(14)10(8-17)13(12)15/h3-4,9,17H,2,5-8H2,1H3. The van der Waals surface area contributed by atoms with E-state index in [2.05, 4.69) is 0 Å². The first kappa shape index (κ1) is 17.0. The number of hydrogen-bond acceptors (Lipinski definition) is 4. The van der Waals surface area contributed by atoms with Crippen molar-refractivity contribution < 1.29 is 18.3 Å². The summed E-state index contributed by atoms with van der Waals surface area (Å²) < 4.78 is 32.3. The third-order valence-electron chi connectivity index (χ3n) is 3.34. The lowest BCUT2D eigenvalue weighted by atomic mass is 10.2. The van der Waals surface area contributed by atoms with Crippen LogP contribution in [0.15, 0.2) is 17.0 Å². The molecule has 1 heterocycles. The summed E-state index contributed by atoms with van der Waals surface area (Å²) in [5.74, 6) is 0. The monoisotopic (exact) mass is 353 g/mol. The number of nitrogens with zero attached hydrogens (tertiary/aromatic N) is 1. The average molecular weight is 354 g/mol. The molecule has 1 aromatic rings. The van der Waals surface area contributed by atoms with Crippen molar-refractivity contribution in [1.82, 2.24) is 4.31 Å². The molecule has 5 nitrogen and oxygen atoms in total. The minimum absolute atomic E-state index is 0.0252. The van der Waals surface area contributed by atoms with E-state index in [0.29, 0.717) is 19.6 Å². The third kappa shape index (κ3) is 3.52. The van der Waals surface area contributed by atoms with Crippen LogP contribution in [0.1, 0.15) is 18.9 Å². The van der Waals surface area contributed by atoms with Crippen LogP contribution in [0.4, 0.5) is 0 Å². The number of aliphatic hydroxyl groups excluding tert-OH is 1. The van der Waals surface area contributed by atoms with E-state index in [1.807, 2.05) is 6.92 Å². The molecule has 1 fully saturated rings. The number of halogens is 2. The Hall–Kier alpha value is -0.370. The first-order valence-corrected chi connectivity index (χ1v) is 8.77. The molecule has 8 heteroatoms. The summed E-state index contributed by atoms with van der Waals surface area (Å²) in [4.78, 5) is -0.0354.